The molecule has 1 aromatic rings. The smallest absolute Gasteiger partial charge is 0.335 e. The Morgan fingerprint density at radius 3 is 2.60 bits per heavy atom. The molecular weight excluding hydrogens is 260 g/mol. The molecule has 0 heterocycles. The van der Waals surface area contributed by atoms with Crippen molar-refractivity contribution in [2.75, 3.05) is 0 Å². The van der Waals surface area contributed by atoms with Gasteiger partial charge in [-0.05, 0) is 31.0 Å². The van der Waals surface area contributed by atoms with Crippen LogP contribution in [0.1, 0.15) is 18.1 Å². The molecular formula is C11H13BrO3. The number of hydrogen-bond acceptors (Lipinski definition) is 2. The Hall–Kier alpha value is -0.870. The monoisotopic (exact) mass is 272 g/mol. The lowest BCUT2D eigenvalue weighted by Crippen LogP contribution is -2.37. The predicted octanol–water partition coefficient (Wildman–Crippen LogP) is 2.14. The Balaban J connectivity index is 2.91. The van der Waals surface area contributed by atoms with Crippen LogP contribution in [-0.2, 0) is 11.2 Å². The maximum absolute atomic E-state index is 10.7. The maximum atomic E-state index is 10.7. The van der Waals surface area contributed by atoms with Crippen LogP contribution in [-0.4, -0.2) is 21.8 Å². The largest absolute Gasteiger partial charge is 0.479 e. The Labute approximate surface area is 96.9 Å². The van der Waals surface area contributed by atoms with E-state index < -0.39 is 11.6 Å². The minimum Gasteiger partial charge on any atom is -0.479 e. The first kappa shape index (κ1) is 12.2. The molecule has 2 N–H and O–H groups in total. The standard InChI is InChI=1S/C11H13BrO3/c1-7-3-4-8(5-9(7)12)6-11(2,15)10(13)14/h3-5,15H,6H2,1-2H3,(H,13,14)/t11-/m1/s1. The Bertz CT molecular complexity index is 385. The minimum absolute atomic E-state index is 0.0984. The maximum Gasteiger partial charge on any atom is 0.335 e. The van der Waals surface area contributed by atoms with Gasteiger partial charge in [-0.1, -0.05) is 28.1 Å². The molecule has 1 atom stereocenters. The second kappa shape index (κ2) is 4.33. The molecule has 0 amide bonds. The first-order valence-electron chi connectivity index (χ1n) is 4.54. The van der Waals surface area contributed by atoms with Gasteiger partial charge in [-0.25, -0.2) is 4.79 Å². The van der Waals surface area contributed by atoms with Gasteiger partial charge in [0.2, 0.25) is 0 Å². The fourth-order valence-electron chi connectivity index (χ4n) is 1.22. The summed E-state index contributed by atoms with van der Waals surface area (Å²) in [6.07, 6.45) is 0.0984. The van der Waals surface area contributed by atoms with Crippen molar-refractivity contribution < 1.29 is 15.0 Å². The summed E-state index contributed by atoms with van der Waals surface area (Å²) in [6, 6.07) is 5.53. The van der Waals surface area contributed by atoms with Gasteiger partial charge >= 0.3 is 5.97 Å². The highest BCUT2D eigenvalue weighted by atomic mass is 79.9. The van der Waals surface area contributed by atoms with Gasteiger partial charge in [0.1, 0.15) is 0 Å². The van der Waals surface area contributed by atoms with E-state index in [1.54, 1.807) is 0 Å². The van der Waals surface area contributed by atoms with Crippen LogP contribution in [0.5, 0.6) is 0 Å². The van der Waals surface area contributed by atoms with Gasteiger partial charge in [-0.3, -0.25) is 0 Å². The van der Waals surface area contributed by atoms with E-state index in [4.69, 9.17) is 5.11 Å². The molecule has 82 valence electrons. The van der Waals surface area contributed by atoms with Crippen molar-refractivity contribution in [3.63, 3.8) is 0 Å². The van der Waals surface area contributed by atoms with Gasteiger partial charge in [0.25, 0.3) is 0 Å². The molecule has 0 saturated carbocycles. The molecule has 15 heavy (non-hydrogen) atoms. The van der Waals surface area contributed by atoms with E-state index in [0.29, 0.717) is 0 Å². The fourth-order valence-corrected chi connectivity index (χ4v) is 1.65. The number of carboxylic acids is 1. The lowest BCUT2D eigenvalue weighted by atomic mass is 9.96. The zero-order valence-electron chi connectivity index (χ0n) is 8.62. The second-order valence-corrected chi connectivity index (χ2v) is 4.69. The number of aliphatic hydroxyl groups is 1. The number of carboxylic acid groups (broad SMARTS) is 1. The van der Waals surface area contributed by atoms with Gasteiger partial charge < -0.3 is 10.2 Å². The zero-order valence-corrected chi connectivity index (χ0v) is 10.2. The SMILES string of the molecule is Cc1ccc(C[C@@](C)(O)C(=O)O)cc1Br. The van der Waals surface area contributed by atoms with E-state index in [1.165, 1.54) is 6.92 Å². The third-order valence-corrected chi connectivity index (χ3v) is 3.10. The number of benzene rings is 1. The number of halogens is 1. The van der Waals surface area contributed by atoms with Crippen molar-refractivity contribution >= 4 is 21.9 Å². The van der Waals surface area contributed by atoms with Crippen LogP contribution in [0.25, 0.3) is 0 Å². The number of rotatable bonds is 3. The van der Waals surface area contributed by atoms with Crippen molar-refractivity contribution in [1.29, 1.82) is 0 Å². The Morgan fingerprint density at radius 1 is 1.53 bits per heavy atom. The second-order valence-electron chi connectivity index (χ2n) is 3.84. The van der Waals surface area contributed by atoms with Crippen molar-refractivity contribution in [3.05, 3.63) is 33.8 Å². The van der Waals surface area contributed by atoms with Crippen molar-refractivity contribution in [2.24, 2.45) is 0 Å². The molecule has 0 unspecified atom stereocenters. The molecule has 0 radical (unpaired) electrons. The molecule has 3 nitrogen and oxygen atoms in total. The third kappa shape index (κ3) is 3.04. The van der Waals surface area contributed by atoms with Crippen molar-refractivity contribution in [1.82, 2.24) is 0 Å². The van der Waals surface area contributed by atoms with Crippen molar-refractivity contribution in [3.8, 4) is 0 Å². The molecule has 0 fully saturated rings. The Morgan fingerprint density at radius 2 is 2.13 bits per heavy atom. The molecule has 0 aliphatic rings. The van der Waals surface area contributed by atoms with Gasteiger partial charge in [0, 0.05) is 10.9 Å². The summed E-state index contributed by atoms with van der Waals surface area (Å²) < 4.78 is 0.918. The molecule has 1 rings (SSSR count). The van der Waals surface area contributed by atoms with E-state index in [0.717, 1.165) is 15.6 Å². The molecule has 0 aliphatic heterocycles. The van der Waals surface area contributed by atoms with E-state index in [-0.39, 0.29) is 6.42 Å². The number of hydrogen-bond donors (Lipinski definition) is 2. The number of aryl methyl sites for hydroxylation is 1. The Kier molecular flexibility index (Phi) is 3.52. The molecule has 0 bridgehead atoms. The van der Waals surface area contributed by atoms with Crippen molar-refractivity contribution in [2.45, 2.75) is 25.9 Å². The average molecular weight is 273 g/mol. The molecule has 0 spiro atoms. The summed E-state index contributed by atoms with van der Waals surface area (Å²) in [5.74, 6) is -1.21. The first-order valence-corrected chi connectivity index (χ1v) is 5.33. The highest BCUT2D eigenvalue weighted by Gasteiger charge is 2.29. The van der Waals surface area contributed by atoms with Gasteiger partial charge in [-0.15, -0.1) is 0 Å². The van der Waals surface area contributed by atoms with Crippen LogP contribution in [0.4, 0.5) is 0 Å². The fraction of sp³-hybridized carbons (Fsp3) is 0.364. The molecule has 1 aromatic carbocycles. The van der Waals surface area contributed by atoms with Crippen LogP contribution in [0, 0.1) is 6.92 Å². The molecule has 4 heteroatoms. The quantitative estimate of drug-likeness (QED) is 0.887. The van der Waals surface area contributed by atoms with Gasteiger partial charge in [0.05, 0.1) is 0 Å². The normalized spacial score (nSPS) is 14.7. The first-order chi connectivity index (χ1) is 6.83. The predicted molar refractivity (Wildman–Crippen MR) is 60.8 cm³/mol. The molecule has 0 saturated heterocycles. The average Bonchev–Trinajstić information content (AvgIpc) is 2.10. The summed E-state index contributed by atoms with van der Waals surface area (Å²) in [6.45, 7) is 3.24. The summed E-state index contributed by atoms with van der Waals surface area (Å²) in [5.41, 5.74) is 0.155. The van der Waals surface area contributed by atoms with Gasteiger partial charge in [-0.2, -0.15) is 0 Å². The minimum atomic E-state index is -1.71. The van der Waals surface area contributed by atoms with Crippen LogP contribution in [0.15, 0.2) is 22.7 Å². The van der Waals surface area contributed by atoms with Crippen LogP contribution < -0.4 is 0 Å². The van der Waals surface area contributed by atoms with Gasteiger partial charge in [0.15, 0.2) is 5.60 Å². The van der Waals surface area contributed by atoms with E-state index in [2.05, 4.69) is 15.9 Å². The lowest BCUT2D eigenvalue weighted by molar-refractivity contribution is -0.156. The topological polar surface area (TPSA) is 57.5 Å². The van der Waals surface area contributed by atoms with E-state index >= 15 is 0 Å². The number of carbonyl (C=O) groups is 1. The highest BCUT2D eigenvalue weighted by molar-refractivity contribution is 9.10. The summed E-state index contributed by atoms with van der Waals surface area (Å²) in [4.78, 5) is 10.7. The van der Waals surface area contributed by atoms with Crippen LogP contribution >= 0.6 is 15.9 Å². The summed E-state index contributed by atoms with van der Waals surface area (Å²) in [5, 5.41) is 18.4. The highest BCUT2D eigenvalue weighted by Crippen LogP contribution is 2.21. The third-order valence-electron chi connectivity index (χ3n) is 2.25. The summed E-state index contributed by atoms with van der Waals surface area (Å²) >= 11 is 3.36. The van der Waals surface area contributed by atoms with E-state index in [9.17, 15) is 9.90 Å². The zero-order chi connectivity index (χ0) is 11.6. The van der Waals surface area contributed by atoms with Crippen LogP contribution in [0.2, 0.25) is 0 Å². The van der Waals surface area contributed by atoms with E-state index in [1.807, 2.05) is 25.1 Å². The molecule has 0 aliphatic carbocycles. The summed E-state index contributed by atoms with van der Waals surface area (Å²) in [7, 11) is 0. The molecule has 0 aromatic heterocycles. The lowest BCUT2D eigenvalue weighted by Gasteiger charge is -2.18. The number of aliphatic carboxylic acids is 1. The van der Waals surface area contributed by atoms with Crippen LogP contribution in [0.3, 0.4) is 0 Å².